The summed E-state index contributed by atoms with van der Waals surface area (Å²) in [5.41, 5.74) is -0.181. The van der Waals surface area contributed by atoms with Gasteiger partial charge in [0.2, 0.25) is 0 Å². The molecule has 0 bridgehead atoms. The van der Waals surface area contributed by atoms with Crippen molar-refractivity contribution in [3.05, 3.63) is 58.6 Å². The van der Waals surface area contributed by atoms with Gasteiger partial charge in [-0.05, 0) is 17.7 Å². The lowest BCUT2D eigenvalue weighted by molar-refractivity contribution is -0.141. The summed E-state index contributed by atoms with van der Waals surface area (Å²) in [5, 5.41) is 9.66. The molecule has 0 spiro atoms. The summed E-state index contributed by atoms with van der Waals surface area (Å²) in [6.07, 6.45) is -2.25. The van der Waals surface area contributed by atoms with Crippen LogP contribution in [-0.4, -0.2) is 15.1 Å². The highest BCUT2D eigenvalue weighted by atomic mass is 35.5. The van der Waals surface area contributed by atoms with E-state index in [2.05, 4.69) is 9.97 Å². The molecule has 0 aliphatic heterocycles. The fourth-order valence-corrected chi connectivity index (χ4v) is 1.98. The smallest absolute Gasteiger partial charge is 0.388 e. The minimum Gasteiger partial charge on any atom is -0.388 e. The predicted octanol–water partition coefficient (Wildman–Crippen LogP) is 3.42. The number of aromatic nitrogens is 2. The van der Waals surface area contributed by atoms with Crippen LogP contribution in [0.2, 0.25) is 5.15 Å². The number of pyridine rings is 2. The molecule has 3 nitrogen and oxygen atoms in total. The van der Waals surface area contributed by atoms with E-state index in [1.54, 1.807) is 24.5 Å². The van der Waals surface area contributed by atoms with Gasteiger partial charge >= 0.3 is 6.18 Å². The second kappa shape index (κ2) is 5.76. The Labute approximate surface area is 118 Å². The number of nitrogens with zero attached hydrogens (tertiary/aromatic N) is 2. The van der Waals surface area contributed by atoms with Gasteiger partial charge in [0.05, 0.1) is 6.10 Å². The maximum absolute atomic E-state index is 12.5. The van der Waals surface area contributed by atoms with Gasteiger partial charge < -0.3 is 5.11 Å². The quantitative estimate of drug-likeness (QED) is 0.884. The Kier molecular flexibility index (Phi) is 4.25. The summed E-state index contributed by atoms with van der Waals surface area (Å²) >= 11 is 5.71. The molecule has 20 heavy (non-hydrogen) atoms. The van der Waals surface area contributed by atoms with Crippen molar-refractivity contribution in [1.82, 2.24) is 9.97 Å². The highest BCUT2D eigenvalue weighted by Gasteiger charge is 2.33. The van der Waals surface area contributed by atoms with Gasteiger partial charge in [0.25, 0.3) is 0 Å². The van der Waals surface area contributed by atoms with E-state index in [0.29, 0.717) is 0 Å². The number of hydrogen-bond acceptors (Lipinski definition) is 3. The maximum atomic E-state index is 12.5. The van der Waals surface area contributed by atoms with Crippen molar-refractivity contribution in [3.8, 4) is 0 Å². The van der Waals surface area contributed by atoms with Crippen molar-refractivity contribution in [2.45, 2.75) is 18.7 Å². The second-order valence-corrected chi connectivity index (χ2v) is 4.51. The first-order valence-electron chi connectivity index (χ1n) is 5.68. The van der Waals surface area contributed by atoms with E-state index in [4.69, 9.17) is 11.6 Å². The number of rotatable bonds is 3. The van der Waals surface area contributed by atoms with Gasteiger partial charge in [-0.15, -0.1) is 0 Å². The van der Waals surface area contributed by atoms with Crippen molar-refractivity contribution < 1.29 is 18.3 Å². The molecule has 0 aliphatic rings. The molecule has 0 aromatic carbocycles. The molecule has 1 unspecified atom stereocenters. The number of hydrogen-bond donors (Lipinski definition) is 1. The first-order chi connectivity index (χ1) is 9.38. The van der Waals surface area contributed by atoms with Crippen LogP contribution in [-0.2, 0) is 12.6 Å². The normalized spacial score (nSPS) is 13.2. The van der Waals surface area contributed by atoms with E-state index in [-0.39, 0.29) is 17.1 Å². The molecule has 2 aromatic heterocycles. The number of aliphatic hydroxyl groups is 1. The summed E-state index contributed by atoms with van der Waals surface area (Å²) in [6, 6.07) is 5.39. The zero-order valence-electron chi connectivity index (χ0n) is 10.1. The lowest BCUT2D eigenvalue weighted by Gasteiger charge is -2.14. The number of aliphatic hydroxyl groups excluding tert-OH is 1. The molecule has 0 amide bonds. The van der Waals surface area contributed by atoms with E-state index in [0.717, 1.165) is 17.7 Å². The summed E-state index contributed by atoms with van der Waals surface area (Å²) in [4.78, 5) is 7.16. The third kappa shape index (κ3) is 3.46. The first-order valence-corrected chi connectivity index (χ1v) is 6.06. The fourth-order valence-electron chi connectivity index (χ4n) is 1.70. The molecule has 1 atom stereocenters. The van der Waals surface area contributed by atoms with Crippen LogP contribution in [0.15, 0.2) is 36.7 Å². The SMILES string of the molecule is OC(Cc1cccnc1)c1ccc(C(F)(F)F)nc1Cl. The average Bonchev–Trinajstić information content (AvgIpc) is 2.38. The zero-order valence-corrected chi connectivity index (χ0v) is 10.9. The lowest BCUT2D eigenvalue weighted by atomic mass is 10.0. The lowest BCUT2D eigenvalue weighted by Crippen LogP contribution is -2.10. The maximum Gasteiger partial charge on any atom is 0.433 e. The molecule has 106 valence electrons. The molecule has 1 N–H and O–H groups in total. The van der Waals surface area contributed by atoms with E-state index in [9.17, 15) is 18.3 Å². The summed E-state index contributed by atoms with van der Waals surface area (Å²) in [7, 11) is 0. The van der Waals surface area contributed by atoms with Gasteiger partial charge in [-0.25, -0.2) is 4.98 Å². The molecular weight excluding hydrogens is 293 g/mol. The van der Waals surface area contributed by atoms with E-state index < -0.39 is 18.0 Å². The average molecular weight is 303 g/mol. The summed E-state index contributed by atoms with van der Waals surface area (Å²) < 4.78 is 37.4. The fraction of sp³-hybridized carbons (Fsp3) is 0.231. The Morgan fingerprint density at radius 3 is 2.55 bits per heavy atom. The van der Waals surface area contributed by atoms with Gasteiger partial charge in [-0.1, -0.05) is 23.7 Å². The predicted molar refractivity (Wildman–Crippen MR) is 67.1 cm³/mol. The Morgan fingerprint density at radius 2 is 2.00 bits per heavy atom. The minimum atomic E-state index is -4.56. The van der Waals surface area contributed by atoms with Crippen LogP contribution in [0.3, 0.4) is 0 Å². The van der Waals surface area contributed by atoms with Gasteiger partial charge in [-0.2, -0.15) is 13.2 Å². The van der Waals surface area contributed by atoms with E-state index >= 15 is 0 Å². The standard InChI is InChI=1S/C13H10ClF3N2O/c14-12-9(3-4-11(19-12)13(15,16)17)10(20)6-8-2-1-5-18-7-8/h1-5,7,10,20H,6H2. The van der Waals surface area contributed by atoms with Crippen molar-refractivity contribution in [1.29, 1.82) is 0 Å². The van der Waals surface area contributed by atoms with E-state index in [1.165, 1.54) is 0 Å². The molecule has 2 rings (SSSR count). The summed E-state index contributed by atoms with van der Waals surface area (Å²) in [5.74, 6) is 0. The van der Waals surface area contributed by atoms with Crippen molar-refractivity contribution in [2.24, 2.45) is 0 Å². The Balaban J connectivity index is 2.21. The Hall–Kier alpha value is -1.66. The Bertz CT molecular complexity index is 590. The minimum absolute atomic E-state index is 0.156. The van der Waals surface area contributed by atoms with Crippen LogP contribution >= 0.6 is 11.6 Å². The molecule has 0 saturated carbocycles. The van der Waals surface area contributed by atoms with Crippen LogP contribution in [0.25, 0.3) is 0 Å². The highest BCUT2D eigenvalue weighted by Crippen LogP contribution is 2.31. The number of halogens is 4. The van der Waals surface area contributed by atoms with Crippen LogP contribution in [0.4, 0.5) is 13.2 Å². The van der Waals surface area contributed by atoms with Crippen LogP contribution in [0.1, 0.15) is 22.9 Å². The third-order valence-electron chi connectivity index (χ3n) is 2.68. The largest absolute Gasteiger partial charge is 0.433 e. The molecule has 2 aromatic rings. The second-order valence-electron chi connectivity index (χ2n) is 4.16. The third-order valence-corrected chi connectivity index (χ3v) is 2.98. The molecule has 0 radical (unpaired) electrons. The van der Waals surface area contributed by atoms with Gasteiger partial charge in [-0.3, -0.25) is 4.98 Å². The van der Waals surface area contributed by atoms with Crippen molar-refractivity contribution in [3.63, 3.8) is 0 Å². The van der Waals surface area contributed by atoms with Gasteiger partial charge in [0.15, 0.2) is 0 Å². The van der Waals surface area contributed by atoms with Gasteiger partial charge in [0, 0.05) is 24.4 Å². The summed E-state index contributed by atoms with van der Waals surface area (Å²) in [6.45, 7) is 0. The zero-order chi connectivity index (χ0) is 14.8. The molecule has 0 saturated heterocycles. The van der Waals surface area contributed by atoms with Crippen LogP contribution in [0.5, 0.6) is 0 Å². The number of alkyl halides is 3. The molecule has 0 aliphatic carbocycles. The first kappa shape index (κ1) is 14.7. The molecular formula is C13H10ClF3N2O. The Morgan fingerprint density at radius 1 is 1.25 bits per heavy atom. The molecule has 7 heteroatoms. The molecule has 0 fully saturated rings. The molecule has 2 heterocycles. The van der Waals surface area contributed by atoms with Crippen molar-refractivity contribution in [2.75, 3.05) is 0 Å². The van der Waals surface area contributed by atoms with Crippen LogP contribution in [0, 0.1) is 0 Å². The van der Waals surface area contributed by atoms with Crippen molar-refractivity contribution >= 4 is 11.6 Å². The van der Waals surface area contributed by atoms with Gasteiger partial charge in [0.1, 0.15) is 10.8 Å². The highest BCUT2D eigenvalue weighted by molar-refractivity contribution is 6.30. The van der Waals surface area contributed by atoms with E-state index in [1.807, 2.05) is 0 Å². The van der Waals surface area contributed by atoms with Crippen LogP contribution < -0.4 is 0 Å². The topological polar surface area (TPSA) is 46.0 Å². The monoisotopic (exact) mass is 302 g/mol.